The summed E-state index contributed by atoms with van der Waals surface area (Å²) in [6.45, 7) is 1.74. The van der Waals surface area contributed by atoms with Gasteiger partial charge in [0.2, 0.25) is 5.95 Å². The Bertz CT molecular complexity index is 1190. The fraction of sp³-hybridized carbons (Fsp3) is 0.474. The first kappa shape index (κ1) is 21.4. The SMILES string of the molecule is CC1(NC(=O)O[C@H]2CO[C@@H](c3cc(Nc4nccc5nc(C(F)(F)F)cn45)n[nH]3)[C@H]2F)CC1. The van der Waals surface area contributed by atoms with Crippen molar-refractivity contribution in [1.29, 1.82) is 0 Å². The van der Waals surface area contributed by atoms with Gasteiger partial charge < -0.3 is 20.1 Å². The lowest BCUT2D eigenvalue weighted by molar-refractivity contribution is -0.140. The predicted octanol–water partition coefficient (Wildman–Crippen LogP) is 3.27. The number of anilines is 2. The van der Waals surface area contributed by atoms with Crippen LogP contribution in [0.1, 0.15) is 37.3 Å². The molecule has 176 valence electrons. The van der Waals surface area contributed by atoms with Crippen molar-refractivity contribution in [3.63, 3.8) is 0 Å². The summed E-state index contributed by atoms with van der Waals surface area (Å²) < 4.78 is 65.5. The monoisotopic (exact) mass is 469 g/mol. The number of alkyl carbamates (subject to hydrolysis) is 1. The van der Waals surface area contributed by atoms with E-state index in [9.17, 15) is 22.4 Å². The molecule has 2 aliphatic rings. The van der Waals surface area contributed by atoms with Gasteiger partial charge in [-0.15, -0.1) is 0 Å². The second-order valence-corrected chi connectivity index (χ2v) is 8.28. The Morgan fingerprint density at radius 2 is 2.18 bits per heavy atom. The van der Waals surface area contributed by atoms with Crippen molar-refractivity contribution < 1.29 is 31.8 Å². The van der Waals surface area contributed by atoms with Crippen LogP contribution >= 0.6 is 0 Å². The first-order valence-corrected chi connectivity index (χ1v) is 10.1. The molecule has 2 fully saturated rings. The molecule has 0 spiro atoms. The number of fused-ring (bicyclic) bond motifs is 1. The van der Waals surface area contributed by atoms with Gasteiger partial charge in [-0.05, 0) is 25.8 Å². The van der Waals surface area contributed by atoms with Crippen LogP contribution in [0, 0.1) is 0 Å². The molecule has 3 N–H and O–H groups in total. The van der Waals surface area contributed by atoms with E-state index in [1.807, 2.05) is 6.92 Å². The molecule has 4 heterocycles. The van der Waals surface area contributed by atoms with E-state index in [-0.39, 0.29) is 35.3 Å². The fourth-order valence-corrected chi connectivity index (χ4v) is 3.47. The van der Waals surface area contributed by atoms with Gasteiger partial charge in [0, 0.05) is 24.0 Å². The maximum Gasteiger partial charge on any atom is 0.434 e. The standard InChI is InChI=1S/C19H19F4N7O3/c1-18(3-4-18)27-17(31)33-10-8-32-15(14(10)20)9-6-12(29-28-9)26-16-24-5-2-13-25-11(7-30(13)16)19(21,22)23/h2,5-7,10,14-15H,3-4,8H2,1H3,(H,27,31)(H2,24,26,28,29)/t10-,14-,15-/m0/s1. The Labute approximate surface area is 183 Å². The molecule has 3 atom stereocenters. The van der Waals surface area contributed by atoms with E-state index in [0.29, 0.717) is 0 Å². The number of alkyl halides is 4. The topological polar surface area (TPSA) is 118 Å². The van der Waals surface area contributed by atoms with Gasteiger partial charge in [0.05, 0.1) is 12.3 Å². The third kappa shape index (κ3) is 4.29. The Morgan fingerprint density at radius 3 is 2.91 bits per heavy atom. The van der Waals surface area contributed by atoms with Gasteiger partial charge in [-0.25, -0.2) is 19.2 Å². The van der Waals surface area contributed by atoms with E-state index in [0.717, 1.165) is 23.4 Å². The van der Waals surface area contributed by atoms with Gasteiger partial charge in [-0.1, -0.05) is 0 Å². The van der Waals surface area contributed by atoms with Crippen LogP contribution in [0.5, 0.6) is 0 Å². The molecule has 1 amide bonds. The number of hydrogen-bond donors (Lipinski definition) is 3. The zero-order valence-corrected chi connectivity index (χ0v) is 17.2. The predicted molar refractivity (Wildman–Crippen MR) is 104 cm³/mol. The first-order chi connectivity index (χ1) is 15.6. The maximum absolute atomic E-state index is 14.9. The highest BCUT2D eigenvalue weighted by Crippen LogP contribution is 2.36. The Morgan fingerprint density at radius 1 is 1.39 bits per heavy atom. The van der Waals surface area contributed by atoms with Crippen molar-refractivity contribution >= 4 is 23.5 Å². The van der Waals surface area contributed by atoms with E-state index in [1.165, 1.54) is 18.3 Å². The number of amides is 1. The third-order valence-corrected chi connectivity index (χ3v) is 5.56. The number of carbonyl (C=O) groups is 1. The molecule has 5 rings (SSSR count). The van der Waals surface area contributed by atoms with Crippen molar-refractivity contribution in [3.05, 3.63) is 35.9 Å². The van der Waals surface area contributed by atoms with Crippen LogP contribution < -0.4 is 10.6 Å². The molecule has 1 aliphatic carbocycles. The number of aromatic nitrogens is 5. The second kappa shape index (κ2) is 7.57. The van der Waals surface area contributed by atoms with Gasteiger partial charge in [0.15, 0.2) is 23.8 Å². The molecular formula is C19H19F4N7O3. The zero-order chi connectivity index (χ0) is 23.4. The number of nitrogens with one attached hydrogen (secondary N) is 3. The Balaban J connectivity index is 1.27. The second-order valence-electron chi connectivity index (χ2n) is 8.28. The summed E-state index contributed by atoms with van der Waals surface area (Å²) in [5, 5.41) is 12.1. The summed E-state index contributed by atoms with van der Waals surface area (Å²) in [5.41, 5.74) is -1.05. The number of hydrogen-bond acceptors (Lipinski definition) is 7. The van der Waals surface area contributed by atoms with E-state index in [1.54, 1.807) is 0 Å². The van der Waals surface area contributed by atoms with Gasteiger partial charge in [-0.2, -0.15) is 18.3 Å². The number of aromatic amines is 1. The summed E-state index contributed by atoms with van der Waals surface area (Å²) >= 11 is 0. The Hall–Kier alpha value is -3.42. The summed E-state index contributed by atoms with van der Waals surface area (Å²) in [6.07, 6.45) is -5.30. The maximum atomic E-state index is 14.9. The van der Waals surface area contributed by atoms with Crippen LogP contribution in [-0.2, 0) is 15.7 Å². The highest BCUT2D eigenvalue weighted by molar-refractivity contribution is 5.69. The molecule has 1 saturated carbocycles. The summed E-state index contributed by atoms with van der Waals surface area (Å²) in [6, 6.07) is 2.77. The zero-order valence-electron chi connectivity index (χ0n) is 17.2. The molecule has 0 bridgehead atoms. The van der Waals surface area contributed by atoms with Crippen LogP contribution in [0.3, 0.4) is 0 Å². The van der Waals surface area contributed by atoms with Crippen molar-refractivity contribution in [2.24, 2.45) is 0 Å². The van der Waals surface area contributed by atoms with E-state index in [2.05, 4.69) is 30.8 Å². The average Bonchev–Trinajstić information content (AvgIpc) is 3.13. The number of halogens is 4. The molecule has 33 heavy (non-hydrogen) atoms. The number of H-pyrrole nitrogens is 1. The lowest BCUT2D eigenvalue weighted by atomic mass is 10.1. The minimum absolute atomic E-state index is 0.0316. The molecule has 3 aromatic heterocycles. The largest absolute Gasteiger partial charge is 0.441 e. The molecule has 0 unspecified atom stereocenters. The molecule has 14 heteroatoms. The third-order valence-electron chi connectivity index (χ3n) is 5.56. The molecule has 3 aromatic rings. The number of imidazole rings is 1. The van der Waals surface area contributed by atoms with Crippen LogP contribution in [0.2, 0.25) is 0 Å². The molecule has 10 nitrogen and oxygen atoms in total. The molecular weight excluding hydrogens is 450 g/mol. The smallest absolute Gasteiger partial charge is 0.434 e. The number of rotatable bonds is 5. The fourth-order valence-electron chi connectivity index (χ4n) is 3.47. The van der Waals surface area contributed by atoms with Gasteiger partial charge >= 0.3 is 12.3 Å². The van der Waals surface area contributed by atoms with E-state index >= 15 is 0 Å². The summed E-state index contributed by atoms with van der Waals surface area (Å²) in [4.78, 5) is 19.5. The lowest BCUT2D eigenvalue weighted by Crippen LogP contribution is -2.39. The van der Waals surface area contributed by atoms with Gasteiger partial charge in [0.25, 0.3) is 0 Å². The van der Waals surface area contributed by atoms with Gasteiger partial charge in [-0.3, -0.25) is 9.50 Å². The minimum Gasteiger partial charge on any atom is -0.441 e. The molecule has 1 aliphatic heterocycles. The summed E-state index contributed by atoms with van der Waals surface area (Å²) in [7, 11) is 0. The van der Waals surface area contributed by atoms with E-state index in [4.69, 9.17) is 9.47 Å². The average molecular weight is 469 g/mol. The Kier molecular flexibility index (Phi) is 4.92. The van der Waals surface area contributed by atoms with Crippen molar-refractivity contribution in [2.45, 2.75) is 49.9 Å². The van der Waals surface area contributed by atoms with Gasteiger partial charge in [0.1, 0.15) is 11.8 Å². The van der Waals surface area contributed by atoms with Crippen molar-refractivity contribution in [3.8, 4) is 0 Å². The molecule has 0 aromatic carbocycles. The quantitative estimate of drug-likeness (QED) is 0.491. The highest BCUT2D eigenvalue weighted by Gasteiger charge is 2.44. The summed E-state index contributed by atoms with van der Waals surface area (Å²) in [5.74, 6) is 0.205. The highest BCUT2D eigenvalue weighted by atomic mass is 19.4. The normalized spacial score (nSPS) is 24.1. The molecule has 1 saturated heterocycles. The number of ether oxygens (including phenoxy) is 2. The van der Waals surface area contributed by atoms with E-state index < -0.39 is 36.3 Å². The van der Waals surface area contributed by atoms with Crippen LogP contribution in [0.4, 0.5) is 34.1 Å². The molecule has 0 radical (unpaired) electrons. The first-order valence-electron chi connectivity index (χ1n) is 10.1. The van der Waals surface area contributed by atoms with Crippen LogP contribution in [-0.4, -0.2) is 55.1 Å². The minimum atomic E-state index is -4.61. The number of nitrogens with zero attached hydrogens (tertiary/aromatic N) is 4. The van der Waals surface area contributed by atoms with Crippen molar-refractivity contribution in [2.75, 3.05) is 11.9 Å². The lowest BCUT2D eigenvalue weighted by Gasteiger charge is -2.17. The van der Waals surface area contributed by atoms with Crippen LogP contribution in [0.15, 0.2) is 24.5 Å². The van der Waals surface area contributed by atoms with Crippen LogP contribution in [0.25, 0.3) is 5.65 Å². The van der Waals surface area contributed by atoms with Crippen molar-refractivity contribution in [1.82, 2.24) is 29.9 Å². The number of carbonyl (C=O) groups excluding carboxylic acids is 1.